The van der Waals surface area contributed by atoms with Gasteiger partial charge in [0.2, 0.25) is 0 Å². The first-order chi connectivity index (χ1) is 9.95. The third kappa shape index (κ3) is 4.62. The fraction of sp³-hybridized carbons (Fsp3) is 0. The second kappa shape index (κ2) is 7.15. The summed E-state index contributed by atoms with van der Waals surface area (Å²) >= 11 is 12.7. The SMILES string of the molecule is O=C(NC(=S)Nc1ccc(I)cc1F)c1ccc(Cl)cc1. The van der Waals surface area contributed by atoms with Crippen molar-refractivity contribution in [1.29, 1.82) is 0 Å². The molecular formula is C14H9ClFIN2OS. The van der Waals surface area contributed by atoms with Crippen LogP contribution in [0.25, 0.3) is 0 Å². The second-order valence-electron chi connectivity index (χ2n) is 4.04. The van der Waals surface area contributed by atoms with E-state index < -0.39 is 11.7 Å². The van der Waals surface area contributed by atoms with Crippen LogP contribution in [-0.2, 0) is 0 Å². The molecule has 0 atom stereocenters. The highest BCUT2D eigenvalue weighted by Gasteiger charge is 2.09. The first-order valence-corrected chi connectivity index (χ1v) is 7.65. The summed E-state index contributed by atoms with van der Waals surface area (Å²) in [6.07, 6.45) is 0. The van der Waals surface area contributed by atoms with Crippen molar-refractivity contribution in [1.82, 2.24) is 5.32 Å². The van der Waals surface area contributed by atoms with E-state index in [1.165, 1.54) is 6.07 Å². The number of amides is 1. The van der Waals surface area contributed by atoms with Gasteiger partial charge >= 0.3 is 0 Å². The summed E-state index contributed by atoms with van der Waals surface area (Å²) in [7, 11) is 0. The van der Waals surface area contributed by atoms with Crippen molar-refractivity contribution < 1.29 is 9.18 Å². The zero-order valence-corrected chi connectivity index (χ0v) is 14.2. The van der Waals surface area contributed by atoms with Crippen molar-refractivity contribution in [2.24, 2.45) is 0 Å². The number of anilines is 1. The lowest BCUT2D eigenvalue weighted by atomic mass is 10.2. The van der Waals surface area contributed by atoms with Gasteiger partial charge in [0.15, 0.2) is 5.11 Å². The maximum Gasteiger partial charge on any atom is 0.257 e. The molecule has 0 aliphatic carbocycles. The lowest BCUT2D eigenvalue weighted by molar-refractivity contribution is 0.0977. The normalized spacial score (nSPS) is 10.0. The lowest BCUT2D eigenvalue weighted by Gasteiger charge is -2.10. The van der Waals surface area contributed by atoms with E-state index in [4.69, 9.17) is 23.8 Å². The van der Waals surface area contributed by atoms with E-state index in [0.29, 0.717) is 10.6 Å². The Balaban J connectivity index is 2.01. The van der Waals surface area contributed by atoms with Gasteiger partial charge in [-0.2, -0.15) is 0 Å². The fourth-order valence-electron chi connectivity index (χ4n) is 1.52. The van der Waals surface area contributed by atoms with Crippen molar-refractivity contribution in [2.75, 3.05) is 5.32 Å². The summed E-state index contributed by atoms with van der Waals surface area (Å²) in [4.78, 5) is 11.9. The lowest BCUT2D eigenvalue weighted by Crippen LogP contribution is -2.34. The molecule has 21 heavy (non-hydrogen) atoms. The molecule has 0 aliphatic heterocycles. The van der Waals surface area contributed by atoms with Crippen LogP contribution in [0.1, 0.15) is 10.4 Å². The van der Waals surface area contributed by atoms with Crippen LogP contribution in [-0.4, -0.2) is 11.0 Å². The summed E-state index contributed by atoms with van der Waals surface area (Å²) in [6.45, 7) is 0. The van der Waals surface area contributed by atoms with Crippen LogP contribution >= 0.6 is 46.4 Å². The van der Waals surface area contributed by atoms with Gasteiger partial charge in [0, 0.05) is 14.2 Å². The Morgan fingerprint density at radius 3 is 2.48 bits per heavy atom. The topological polar surface area (TPSA) is 41.1 Å². The molecule has 2 N–H and O–H groups in total. The van der Waals surface area contributed by atoms with Crippen LogP contribution in [0.5, 0.6) is 0 Å². The summed E-state index contributed by atoms with van der Waals surface area (Å²) < 4.78 is 14.4. The molecule has 0 bridgehead atoms. The molecule has 0 aliphatic rings. The van der Waals surface area contributed by atoms with Crippen LogP contribution in [0.4, 0.5) is 10.1 Å². The highest BCUT2D eigenvalue weighted by atomic mass is 127. The maximum absolute atomic E-state index is 13.7. The number of carbonyl (C=O) groups is 1. The van der Waals surface area contributed by atoms with E-state index in [1.54, 1.807) is 36.4 Å². The first-order valence-electron chi connectivity index (χ1n) is 5.78. The number of hydrogen-bond donors (Lipinski definition) is 2. The maximum atomic E-state index is 13.7. The van der Waals surface area contributed by atoms with Crippen LogP contribution < -0.4 is 10.6 Å². The number of carbonyl (C=O) groups excluding carboxylic acids is 1. The first kappa shape index (κ1) is 16.1. The highest BCUT2D eigenvalue weighted by molar-refractivity contribution is 14.1. The number of nitrogens with one attached hydrogen (secondary N) is 2. The smallest absolute Gasteiger partial charge is 0.257 e. The van der Waals surface area contributed by atoms with Gasteiger partial charge in [0.05, 0.1) is 5.69 Å². The van der Waals surface area contributed by atoms with Gasteiger partial charge in [-0.1, -0.05) is 11.6 Å². The largest absolute Gasteiger partial charge is 0.330 e. The molecule has 0 fully saturated rings. The zero-order chi connectivity index (χ0) is 15.4. The molecule has 0 saturated carbocycles. The number of hydrogen-bond acceptors (Lipinski definition) is 2. The van der Waals surface area contributed by atoms with E-state index in [2.05, 4.69) is 10.6 Å². The van der Waals surface area contributed by atoms with Crippen LogP contribution in [0.15, 0.2) is 42.5 Å². The molecule has 0 aromatic heterocycles. The van der Waals surface area contributed by atoms with E-state index in [-0.39, 0.29) is 10.8 Å². The third-order valence-corrected chi connectivity index (χ3v) is 3.64. The zero-order valence-electron chi connectivity index (χ0n) is 10.5. The molecule has 0 heterocycles. The fourth-order valence-corrected chi connectivity index (χ4v) is 2.30. The summed E-state index contributed by atoms with van der Waals surface area (Å²) in [5.74, 6) is -0.833. The average Bonchev–Trinajstić information content (AvgIpc) is 2.42. The Bertz CT molecular complexity index is 694. The minimum atomic E-state index is -0.440. The number of benzene rings is 2. The molecule has 2 aromatic carbocycles. The second-order valence-corrected chi connectivity index (χ2v) is 6.13. The predicted molar refractivity (Wildman–Crippen MR) is 94.3 cm³/mol. The van der Waals surface area contributed by atoms with Crippen molar-refractivity contribution >= 4 is 63.1 Å². The molecule has 108 valence electrons. The third-order valence-electron chi connectivity index (χ3n) is 2.51. The van der Waals surface area contributed by atoms with Crippen molar-refractivity contribution in [3.05, 3.63) is 62.4 Å². The Morgan fingerprint density at radius 1 is 1.19 bits per heavy atom. The van der Waals surface area contributed by atoms with E-state index in [0.717, 1.165) is 3.57 Å². The van der Waals surface area contributed by atoms with Crippen LogP contribution in [0.2, 0.25) is 5.02 Å². The van der Waals surface area contributed by atoms with Gasteiger partial charge in [-0.15, -0.1) is 0 Å². The van der Waals surface area contributed by atoms with Gasteiger partial charge in [-0.25, -0.2) is 4.39 Å². The van der Waals surface area contributed by atoms with Crippen LogP contribution in [0.3, 0.4) is 0 Å². The Morgan fingerprint density at radius 2 is 1.86 bits per heavy atom. The number of rotatable bonds is 2. The van der Waals surface area contributed by atoms with Gasteiger partial charge in [-0.05, 0) is 77.3 Å². The molecule has 2 aromatic rings. The number of thiocarbonyl (C=S) groups is 1. The van der Waals surface area contributed by atoms with Gasteiger partial charge in [0.25, 0.3) is 5.91 Å². The molecule has 2 rings (SSSR count). The number of halogens is 3. The van der Waals surface area contributed by atoms with Gasteiger partial charge < -0.3 is 5.32 Å². The molecule has 0 spiro atoms. The molecular weight excluding hydrogens is 426 g/mol. The van der Waals surface area contributed by atoms with Crippen molar-refractivity contribution in [3.8, 4) is 0 Å². The average molecular weight is 435 g/mol. The minimum Gasteiger partial charge on any atom is -0.330 e. The Kier molecular flexibility index (Phi) is 5.49. The van der Waals surface area contributed by atoms with Crippen molar-refractivity contribution in [2.45, 2.75) is 0 Å². The standard InChI is InChI=1S/C14H9ClFIN2OS/c15-9-3-1-8(2-4-9)13(20)19-14(21)18-12-6-5-10(17)7-11(12)16/h1-7H,(H2,18,19,20,21). The van der Waals surface area contributed by atoms with E-state index in [9.17, 15) is 9.18 Å². The quantitative estimate of drug-likeness (QED) is 0.550. The van der Waals surface area contributed by atoms with E-state index >= 15 is 0 Å². The molecule has 7 heteroatoms. The predicted octanol–water partition coefficient (Wildman–Crippen LogP) is 4.21. The molecule has 1 amide bonds. The highest BCUT2D eigenvalue weighted by Crippen LogP contribution is 2.17. The monoisotopic (exact) mass is 434 g/mol. The minimum absolute atomic E-state index is 0.0232. The molecule has 0 unspecified atom stereocenters. The summed E-state index contributed by atoms with van der Waals surface area (Å²) in [5, 5.41) is 5.68. The summed E-state index contributed by atoms with van der Waals surface area (Å²) in [6, 6.07) is 11.0. The molecule has 0 radical (unpaired) electrons. The van der Waals surface area contributed by atoms with Gasteiger partial charge in [0.1, 0.15) is 5.82 Å². The van der Waals surface area contributed by atoms with Gasteiger partial charge in [-0.3, -0.25) is 10.1 Å². The van der Waals surface area contributed by atoms with E-state index in [1.807, 2.05) is 22.6 Å². The molecule has 0 saturated heterocycles. The summed E-state index contributed by atoms with van der Waals surface area (Å²) in [5.41, 5.74) is 0.614. The van der Waals surface area contributed by atoms with Crippen LogP contribution in [0, 0.1) is 9.39 Å². The Hall–Kier alpha value is -1.25. The van der Waals surface area contributed by atoms with Crippen molar-refractivity contribution in [3.63, 3.8) is 0 Å². The molecule has 3 nitrogen and oxygen atoms in total. The Labute approximate surface area is 145 Å².